The largest absolute Gasteiger partial charge is 0.342 e. The summed E-state index contributed by atoms with van der Waals surface area (Å²) in [6.07, 6.45) is 3.38. The molecule has 104 valence electrons. The van der Waals surface area contributed by atoms with Gasteiger partial charge in [-0.15, -0.1) is 0 Å². The lowest BCUT2D eigenvalue weighted by atomic mass is 9.96. The van der Waals surface area contributed by atoms with E-state index >= 15 is 0 Å². The van der Waals surface area contributed by atoms with Gasteiger partial charge in [0.25, 0.3) is 5.91 Å². The molecule has 3 rings (SSSR count). The van der Waals surface area contributed by atoms with Crippen LogP contribution in [-0.2, 0) is 4.79 Å². The lowest BCUT2D eigenvalue weighted by Crippen LogP contribution is -2.47. The van der Waals surface area contributed by atoms with Crippen LogP contribution in [0.25, 0.3) is 0 Å². The minimum Gasteiger partial charge on any atom is -0.342 e. The van der Waals surface area contributed by atoms with Crippen molar-refractivity contribution in [2.45, 2.75) is 38.3 Å². The van der Waals surface area contributed by atoms with E-state index in [2.05, 4.69) is 17.1 Å². The first-order valence-electron chi connectivity index (χ1n) is 6.94. The van der Waals surface area contributed by atoms with Crippen LogP contribution in [0.1, 0.15) is 37.0 Å². The Labute approximate surface area is 118 Å². The Hall–Kier alpha value is -2.10. The number of hydrogen-bond donors (Lipinski definition) is 1. The average molecular weight is 270 g/mol. The third-order valence-corrected chi connectivity index (χ3v) is 4.36. The van der Waals surface area contributed by atoms with Crippen molar-refractivity contribution in [2.24, 2.45) is 0 Å². The second-order valence-electron chi connectivity index (χ2n) is 5.75. The van der Waals surface area contributed by atoms with Crippen molar-refractivity contribution in [1.29, 1.82) is 0 Å². The fourth-order valence-electron chi connectivity index (χ4n) is 3.19. The van der Waals surface area contributed by atoms with E-state index in [1.54, 1.807) is 18.2 Å². The van der Waals surface area contributed by atoms with Crippen LogP contribution in [0.5, 0.6) is 0 Å². The van der Waals surface area contributed by atoms with Gasteiger partial charge in [-0.1, -0.05) is 18.2 Å². The number of benzene rings is 1. The molecule has 0 saturated carbocycles. The first kappa shape index (κ1) is 12.9. The van der Waals surface area contributed by atoms with Crippen molar-refractivity contribution in [3.05, 3.63) is 47.8 Å². The number of nitrogens with one attached hydrogen (secondary N) is 1. The molecule has 2 unspecified atom stereocenters. The van der Waals surface area contributed by atoms with E-state index in [1.165, 1.54) is 0 Å². The van der Waals surface area contributed by atoms with Crippen LogP contribution in [0.15, 0.2) is 42.2 Å². The highest BCUT2D eigenvalue weighted by Crippen LogP contribution is 2.41. The van der Waals surface area contributed by atoms with Crippen LogP contribution in [0.4, 0.5) is 0 Å². The Morgan fingerprint density at radius 1 is 1.35 bits per heavy atom. The van der Waals surface area contributed by atoms with E-state index in [0.29, 0.717) is 11.4 Å². The molecule has 0 aromatic heterocycles. The van der Waals surface area contributed by atoms with Crippen LogP contribution in [-0.4, -0.2) is 28.2 Å². The number of amides is 1. The van der Waals surface area contributed by atoms with E-state index in [-0.39, 0.29) is 17.7 Å². The average Bonchev–Trinajstić information content (AvgIpc) is 2.88. The molecular formula is C16H18N2O2. The molecule has 4 nitrogen and oxygen atoms in total. The molecular weight excluding hydrogens is 252 g/mol. The summed E-state index contributed by atoms with van der Waals surface area (Å²) in [6.45, 7) is 4.05. The molecule has 2 heterocycles. The molecule has 1 aromatic rings. The van der Waals surface area contributed by atoms with E-state index in [0.717, 1.165) is 12.8 Å². The molecule has 0 radical (unpaired) electrons. The Kier molecular flexibility index (Phi) is 2.89. The van der Waals surface area contributed by atoms with Crippen LogP contribution >= 0.6 is 0 Å². The van der Waals surface area contributed by atoms with Crippen LogP contribution in [0.3, 0.4) is 0 Å². The van der Waals surface area contributed by atoms with Gasteiger partial charge in [-0.05, 0) is 38.8 Å². The van der Waals surface area contributed by atoms with Crippen LogP contribution in [0, 0.1) is 0 Å². The maximum Gasteiger partial charge on any atom is 0.256 e. The summed E-state index contributed by atoms with van der Waals surface area (Å²) in [5, 5.41) is 2.88. The molecule has 0 bridgehead atoms. The van der Waals surface area contributed by atoms with Crippen LogP contribution in [0.2, 0.25) is 0 Å². The van der Waals surface area contributed by atoms with E-state index in [1.807, 2.05) is 25.1 Å². The molecule has 1 fully saturated rings. The van der Waals surface area contributed by atoms with Gasteiger partial charge in [-0.3, -0.25) is 9.59 Å². The molecule has 2 aliphatic heterocycles. The Morgan fingerprint density at radius 3 is 2.75 bits per heavy atom. The Balaban J connectivity index is 1.83. The van der Waals surface area contributed by atoms with Crippen molar-refractivity contribution >= 4 is 11.7 Å². The second-order valence-corrected chi connectivity index (χ2v) is 5.75. The summed E-state index contributed by atoms with van der Waals surface area (Å²) >= 11 is 0. The van der Waals surface area contributed by atoms with E-state index < -0.39 is 5.54 Å². The van der Waals surface area contributed by atoms with Crippen LogP contribution < -0.4 is 5.32 Å². The highest BCUT2D eigenvalue weighted by Gasteiger charge is 2.50. The van der Waals surface area contributed by atoms with Gasteiger partial charge in [0, 0.05) is 17.7 Å². The number of fused-ring (bicyclic) bond motifs is 1. The number of nitrogens with zero attached hydrogens (tertiary/aromatic N) is 1. The predicted octanol–water partition coefficient (Wildman–Crippen LogP) is 2.08. The third kappa shape index (κ3) is 1.83. The number of rotatable bonds is 2. The molecule has 1 aromatic carbocycles. The highest BCUT2D eigenvalue weighted by molar-refractivity contribution is 6.03. The summed E-state index contributed by atoms with van der Waals surface area (Å²) in [5.74, 6) is 0.551. The zero-order chi connectivity index (χ0) is 14.3. The SMILES string of the molecule is CC1CCC2(C)C(=O)C=C(NC(=O)c3ccccc3)N12. The normalized spacial score (nSPS) is 28.3. The molecule has 0 aliphatic carbocycles. The minimum atomic E-state index is -0.473. The quantitative estimate of drug-likeness (QED) is 0.895. The topological polar surface area (TPSA) is 49.4 Å². The summed E-state index contributed by atoms with van der Waals surface area (Å²) in [6, 6.07) is 9.32. The van der Waals surface area contributed by atoms with Gasteiger partial charge in [0.1, 0.15) is 11.4 Å². The minimum absolute atomic E-state index is 0.0882. The molecule has 4 heteroatoms. The van der Waals surface area contributed by atoms with Crippen molar-refractivity contribution in [2.75, 3.05) is 0 Å². The monoisotopic (exact) mass is 270 g/mol. The Bertz CT molecular complexity index is 594. The van der Waals surface area contributed by atoms with Gasteiger partial charge in [0.05, 0.1) is 0 Å². The molecule has 20 heavy (non-hydrogen) atoms. The molecule has 1 amide bonds. The lowest BCUT2D eigenvalue weighted by Gasteiger charge is -2.33. The smallest absolute Gasteiger partial charge is 0.256 e. The summed E-state index contributed by atoms with van der Waals surface area (Å²) in [4.78, 5) is 26.5. The molecule has 1 saturated heterocycles. The predicted molar refractivity (Wildman–Crippen MR) is 75.9 cm³/mol. The number of ketones is 1. The number of carbonyl (C=O) groups is 2. The molecule has 0 spiro atoms. The maximum absolute atomic E-state index is 12.2. The van der Waals surface area contributed by atoms with Crippen molar-refractivity contribution in [3.63, 3.8) is 0 Å². The number of carbonyl (C=O) groups excluding carboxylic acids is 2. The number of hydrogen-bond acceptors (Lipinski definition) is 3. The second kappa shape index (κ2) is 4.47. The zero-order valence-corrected chi connectivity index (χ0v) is 11.7. The first-order valence-corrected chi connectivity index (χ1v) is 6.94. The van der Waals surface area contributed by atoms with Gasteiger partial charge in [-0.2, -0.15) is 0 Å². The molecule has 2 aliphatic rings. The highest BCUT2D eigenvalue weighted by atomic mass is 16.2. The van der Waals surface area contributed by atoms with Gasteiger partial charge in [-0.25, -0.2) is 0 Å². The fourth-order valence-corrected chi connectivity index (χ4v) is 3.19. The summed E-state index contributed by atoms with van der Waals surface area (Å²) in [5.41, 5.74) is 0.125. The van der Waals surface area contributed by atoms with Crippen molar-refractivity contribution < 1.29 is 9.59 Å². The first-order chi connectivity index (χ1) is 9.52. The van der Waals surface area contributed by atoms with E-state index in [9.17, 15) is 9.59 Å². The molecule has 2 atom stereocenters. The van der Waals surface area contributed by atoms with Gasteiger partial charge >= 0.3 is 0 Å². The standard InChI is InChI=1S/C16H18N2O2/c1-11-8-9-16(2)13(19)10-14(18(11)16)17-15(20)12-6-4-3-5-7-12/h3-7,10-11H,8-9H2,1-2H3,(H,17,20). The van der Waals surface area contributed by atoms with Gasteiger partial charge in [0.2, 0.25) is 0 Å². The van der Waals surface area contributed by atoms with Crippen molar-refractivity contribution in [3.8, 4) is 0 Å². The van der Waals surface area contributed by atoms with E-state index in [4.69, 9.17) is 0 Å². The fraction of sp³-hybridized carbons (Fsp3) is 0.375. The van der Waals surface area contributed by atoms with Crippen molar-refractivity contribution in [1.82, 2.24) is 10.2 Å². The molecule has 1 N–H and O–H groups in total. The van der Waals surface area contributed by atoms with Gasteiger partial charge < -0.3 is 10.2 Å². The Morgan fingerprint density at radius 2 is 2.05 bits per heavy atom. The third-order valence-electron chi connectivity index (χ3n) is 4.36. The lowest BCUT2D eigenvalue weighted by molar-refractivity contribution is -0.121. The zero-order valence-electron chi connectivity index (χ0n) is 11.7. The summed E-state index contributed by atoms with van der Waals surface area (Å²) in [7, 11) is 0. The summed E-state index contributed by atoms with van der Waals surface area (Å²) < 4.78 is 0. The maximum atomic E-state index is 12.2. The van der Waals surface area contributed by atoms with Gasteiger partial charge in [0.15, 0.2) is 5.78 Å².